The van der Waals surface area contributed by atoms with Crippen LogP contribution in [-0.4, -0.2) is 15.9 Å². The molecule has 0 radical (unpaired) electrons. The molecule has 114 valence electrons. The Bertz CT molecular complexity index is 951. The summed E-state index contributed by atoms with van der Waals surface area (Å²) in [5.41, 5.74) is 3.80. The molecule has 1 aliphatic carbocycles. The van der Waals surface area contributed by atoms with Crippen LogP contribution in [0.25, 0.3) is 17.0 Å². The predicted octanol–water partition coefficient (Wildman–Crippen LogP) is 4.23. The summed E-state index contributed by atoms with van der Waals surface area (Å²) in [7, 11) is 0. The number of Topliss-reactive ketones (excluding diaryl/α,β-unsaturated/α-hetero) is 1. The molecule has 3 aromatic rings. The maximum atomic E-state index is 13.5. The SMILES string of the molecule is O=C1/C(=C/c2ccc(O)cc2)CCc2[nH]c3ccc(F)cc3c21. The predicted molar refractivity (Wildman–Crippen MR) is 87.0 cm³/mol. The van der Waals surface area contributed by atoms with Crippen molar-refractivity contribution in [2.75, 3.05) is 0 Å². The highest BCUT2D eigenvalue weighted by molar-refractivity contribution is 6.19. The first-order valence-electron chi connectivity index (χ1n) is 7.46. The quantitative estimate of drug-likeness (QED) is 0.661. The number of carbonyl (C=O) groups excluding carboxylic acids is 1. The number of aromatic nitrogens is 1. The van der Waals surface area contributed by atoms with E-state index in [-0.39, 0.29) is 17.3 Å². The van der Waals surface area contributed by atoms with E-state index in [0.717, 1.165) is 23.2 Å². The molecule has 4 rings (SSSR count). The highest BCUT2D eigenvalue weighted by Gasteiger charge is 2.26. The van der Waals surface area contributed by atoms with Crippen molar-refractivity contribution in [1.82, 2.24) is 4.98 Å². The number of aryl methyl sites for hydroxylation is 1. The van der Waals surface area contributed by atoms with E-state index in [1.165, 1.54) is 12.1 Å². The second-order valence-electron chi connectivity index (χ2n) is 5.76. The van der Waals surface area contributed by atoms with Crippen LogP contribution in [0.4, 0.5) is 4.39 Å². The van der Waals surface area contributed by atoms with Gasteiger partial charge in [0.2, 0.25) is 0 Å². The molecular weight excluding hydrogens is 293 g/mol. The topological polar surface area (TPSA) is 53.1 Å². The fourth-order valence-electron chi connectivity index (χ4n) is 3.11. The van der Waals surface area contributed by atoms with Gasteiger partial charge in [-0.05, 0) is 54.8 Å². The number of carbonyl (C=O) groups is 1. The summed E-state index contributed by atoms with van der Waals surface area (Å²) in [6.45, 7) is 0. The number of hydrogen-bond acceptors (Lipinski definition) is 2. The molecule has 0 atom stereocenters. The molecular formula is C19H14FNO2. The molecule has 23 heavy (non-hydrogen) atoms. The lowest BCUT2D eigenvalue weighted by molar-refractivity contribution is 0.102. The van der Waals surface area contributed by atoms with E-state index in [1.54, 1.807) is 30.3 Å². The van der Waals surface area contributed by atoms with Crippen LogP contribution < -0.4 is 0 Å². The van der Waals surface area contributed by atoms with Crippen molar-refractivity contribution in [3.63, 3.8) is 0 Å². The van der Waals surface area contributed by atoms with Crippen LogP contribution in [0, 0.1) is 5.82 Å². The number of halogens is 1. The largest absolute Gasteiger partial charge is 0.508 e. The van der Waals surface area contributed by atoms with Crippen LogP contribution in [0.5, 0.6) is 5.75 Å². The summed E-state index contributed by atoms with van der Waals surface area (Å²) in [6.07, 6.45) is 3.20. The van der Waals surface area contributed by atoms with Gasteiger partial charge in [0.25, 0.3) is 0 Å². The van der Waals surface area contributed by atoms with E-state index in [1.807, 2.05) is 6.08 Å². The van der Waals surface area contributed by atoms with Crippen molar-refractivity contribution in [3.05, 3.63) is 70.7 Å². The number of benzene rings is 2. The fraction of sp³-hybridized carbons (Fsp3) is 0.105. The van der Waals surface area contributed by atoms with Gasteiger partial charge in [-0.3, -0.25) is 4.79 Å². The number of rotatable bonds is 1. The van der Waals surface area contributed by atoms with Gasteiger partial charge in [0, 0.05) is 22.2 Å². The zero-order chi connectivity index (χ0) is 16.0. The number of aromatic hydroxyl groups is 1. The second kappa shape index (κ2) is 5.09. The van der Waals surface area contributed by atoms with Crippen LogP contribution in [0.1, 0.15) is 28.0 Å². The van der Waals surface area contributed by atoms with Gasteiger partial charge in [-0.25, -0.2) is 4.39 Å². The second-order valence-corrected chi connectivity index (χ2v) is 5.76. The molecule has 0 unspecified atom stereocenters. The first-order chi connectivity index (χ1) is 11.1. The zero-order valence-electron chi connectivity index (χ0n) is 12.3. The van der Waals surface area contributed by atoms with Crippen LogP contribution in [0.15, 0.2) is 48.0 Å². The number of allylic oxidation sites excluding steroid dienone is 1. The molecule has 0 bridgehead atoms. The maximum Gasteiger partial charge on any atom is 0.191 e. The number of phenols is 1. The first-order valence-corrected chi connectivity index (χ1v) is 7.46. The summed E-state index contributed by atoms with van der Waals surface area (Å²) >= 11 is 0. The fourth-order valence-corrected chi connectivity index (χ4v) is 3.11. The Morgan fingerprint density at radius 1 is 1.09 bits per heavy atom. The summed E-state index contributed by atoms with van der Waals surface area (Å²) in [5, 5.41) is 9.97. The lowest BCUT2D eigenvalue weighted by Crippen LogP contribution is -2.13. The molecule has 2 N–H and O–H groups in total. The van der Waals surface area contributed by atoms with Gasteiger partial charge in [-0.1, -0.05) is 12.1 Å². The van der Waals surface area contributed by atoms with Gasteiger partial charge in [-0.15, -0.1) is 0 Å². The molecule has 0 aliphatic heterocycles. The Balaban J connectivity index is 1.81. The van der Waals surface area contributed by atoms with Crippen molar-refractivity contribution < 1.29 is 14.3 Å². The Kier molecular flexibility index (Phi) is 3.05. The molecule has 0 saturated heterocycles. The van der Waals surface area contributed by atoms with E-state index in [2.05, 4.69) is 4.98 Å². The number of H-pyrrole nitrogens is 1. The van der Waals surface area contributed by atoms with Crippen molar-refractivity contribution in [2.24, 2.45) is 0 Å². The van der Waals surface area contributed by atoms with Gasteiger partial charge in [0.15, 0.2) is 5.78 Å². The molecule has 4 heteroatoms. The number of nitrogens with one attached hydrogen (secondary N) is 1. The summed E-state index contributed by atoms with van der Waals surface area (Å²) < 4.78 is 13.5. The molecule has 0 amide bonds. The summed E-state index contributed by atoms with van der Waals surface area (Å²) in [6, 6.07) is 11.2. The Hall–Kier alpha value is -2.88. The third kappa shape index (κ3) is 2.32. The minimum Gasteiger partial charge on any atom is -0.508 e. The van der Waals surface area contributed by atoms with Gasteiger partial charge in [0.1, 0.15) is 11.6 Å². The monoisotopic (exact) mass is 307 g/mol. The number of hydrogen-bond donors (Lipinski definition) is 2. The van der Waals surface area contributed by atoms with Crippen molar-refractivity contribution >= 4 is 22.8 Å². The van der Waals surface area contributed by atoms with E-state index in [9.17, 15) is 14.3 Å². The van der Waals surface area contributed by atoms with Crippen LogP contribution in [0.3, 0.4) is 0 Å². The number of fused-ring (bicyclic) bond motifs is 3. The molecule has 3 nitrogen and oxygen atoms in total. The first kappa shape index (κ1) is 13.8. The highest BCUT2D eigenvalue weighted by Crippen LogP contribution is 2.32. The van der Waals surface area contributed by atoms with Gasteiger partial charge in [-0.2, -0.15) is 0 Å². The minimum absolute atomic E-state index is 0.0591. The average Bonchev–Trinajstić information content (AvgIpc) is 2.90. The lowest BCUT2D eigenvalue weighted by atomic mass is 9.88. The highest BCUT2D eigenvalue weighted by atomic mass is 19.1. The molecule has 0 spiro atoms. The number of aromatic amines is 1. The average molecular weight is 307 g/mol. The van der Waals surface area contributed by atoms with Crippen LogP contribution in [-0.2, 0) is 6.42 Å². The number of phenolic OH excluding ortho intramolecular Hbond substituents is 1. The molecule has 0 fully saturated rings. The Morgan fingerprint density at radius 2 is 1.87 bits per heavy atom. The third-order valence-electron chi connectivity index (χ3n) is 4.24. The van der Waals surface area contributed by atoms with Crippen molar-refractivity contribution in [1.29, 1.82) is 0 Å². The molecule has 1 aliphatic rings. The van der Waals surface area contributed by atoms with Gasteiger partial charge in [0.05, 0.1) is 5.56 Å². The van der Waals surface area contributed by atoms with Crippen LogP contribution in [0.2, 0.25) is 0 Å². The lowest BCUT2D eigenvalue weighted by Gasteiger charge is -2.14. The minimum atomic E-state index is -0.346. The Morgan fingerprint density at radius 3 is 2.65 bits per heavy atom. The molecule has 0 saturated carbocycles. The molecule has 2 aromatic carbocycles. The standard InChI is InChI=1S/C19H14FNO2/c20-13-4-8-16-15(10-13)18-17(21-16)7-3-12(19(18)23)9-11-1-5-14(22)6-2-11/h1-2,4-6,8-10,21-22H,3,7H2/b12-9+. The van der Waals surface area contributed by atoms with Crippen LogP contribution >= 0.6 is 0 Å². The molecule has 1 aromatic heterocycles. The maximum absolute atomic E-state index is 13.5. The van der Waals surface area contributed by atoms with Crippen molar-refractivity contribution in [2.45, 2.75) is 12.8 Å². The zero-order valence-corrected chi connectivity index (χ0v) is 12.3. The van der Waals surface area contributed by atoms with Crippen molar-refractivity contribution in [3.8, 4) is 5.75 Å². The summed E-state index contributed by atoms with van der Waals surface area (Å²) in [4.78, 5) is 16.0. The van der Waals surface area contributed by atoms with Gasteiger partial charge < -0.3 is 10.1 Å². The number of ketones is 1. The Labute approximate surface area is 132 Å². The van der Waals surface area contributed by atoms with E-state index in [4.69, 9.17) is 0 Å². The third-order valence-corrected chi connectivity index (χ3v) is 4.24. The molecule has 1 heterocycles. The van der Waals surface area contributed by atoms with E-state index >= 15 is 0 Å². The summed E-state index contributed by atoms with van der Waals surface area (Å²) in [5.74, 6) is -0.213. The van der Waals surface area contributed by atoms with E-state index < -0.39 is 0 Å². The van der Waals surface area contributed by atoms with E-state index in [0.29, 0.717) is 22.9 Å². The van der Waals surface area contributed by atoms with Gasteiger partial charge >= 0.3 is 0 Å². The smallest absolute Gasteiger partial charge is 0.191 e. The normalized spacial score (nSPS) is 16.0.